The molecule has 1 heterocycles. The largest absolute Gasteiger partial charge is 0.489 e. The second-order valence-electron chi connectivity index (χ2n) is 6.42. The number of aliphatic carboxylic acids is 1. The van der Waals surface area contributed by atoms with Gasteiger partial charge in [0.25, 0.3) is 0 Å². The maximum absolute atomic E-state index is 13.4. The highest BCUT2D eigenvalue weighted by molar-refractivity contribution is 5.69. The van der Waals surface area contributed by atoms with Gasteiger partial charge in [0.2, 0.25) is 0 Å². The molecule has 0 fully saturated rings. The van der Waals surface area contributed by atoms with Gasteiger partial charge in [-0.15, -0.1) is 0 Å². The minimum Gasteiger partial charge on any atom is -0.489 e. The van der Waals surface area contributed by atoms with E-state index in [2.05, 4.69) is 0 Å². The second-order valence-corrected chi connectivity index (χ2v) is 6.42. The molecule has 2 N–H and O–H groups in total. The van der Waals surface area contributed by atoms with Gasteiger partial charge in [0.05, 0.1) is 6.42 Å². The summed E-state index contributed by atoms with van der Waals surface area (Å²) < 4.78 is 19.2. The molecule has 0 bridgehead atoms. The summed E-state index contributed by atoms with van der Waals surface area (Å²) in [6.45, 7) is 5.86. The van der Waals surface area contributed by atoms with Crippen molar-refractivity contribution in [2.24, 2.45) is 5.41 Å². The molecule has 0 aromatic heterocycles. The number of halogens is 1. The van der Waals surface area contributed by atoms with Crippen LogP contribution in [0.2, 0.25) is 0 Å². The topological polar surface area (TPSA) is 66.8 Å². The van der Waals surface area contributed by atoms with E-state index in [1.807, 2.05) is 20.8 Å². The van der Waals surface area contributed by atoms with Gasteiger partial charge < -0.3 is 14.9 Å². The first-order valence-electron chi connectivity index (χ1n) is 6.53. The summed E-state index contributed by atoms with van der Waals surface area (Å²) in [5.74, 6) is -1.30. The Kier molecular flexibility index (Phi) is 3.50. The minimum absolute atomic E-state index is 0.124. The van der Waals surface area contributed by atoms with Gasteiger partial charge in [-0.25, -0.2) is 4.39 Å². The zero-order valence-electron chi connectivity index (χ0n) is 11.8. The number of hydrogen-bond acceptors (Lipinski definition) is 3. The lowest BCUT2D eigenvalue weighted by atomic mass is 9.75. The first kappa shape index (κ1) is 14.8. The number of hydrogen-bond donors (Lipinski definition) is 2. The van der Waals surface area contributed by atoms with Crippen LogP contribution in [0, 0.1) is 11.2 Å². The lowest BCUT2D eigenvalue weighted by Gasteiger charge is -2.43. The minimum atomic E-state index is -1.61. The Bertz CT molecular complexity index is 535. The molecule has 0 aliphatic carbocycles. The average molecular weight is 282 g/mol. The van der Waals surface area contributed by atoms with Crippen LogP contribution in [0.1, 0.15) is 39.2 Å². The van der Waals surface area contributed by atoms with Crippen molar-refractivity contribution in [2.45, 2.75) is 45.3 Å². The highest BCUT2D eigenvalue weighted by Crippen LogP contribution is 2.45. The zero-order valence-corrected chi connectivity index (χ0v) is 11.8. The van der Waals surface area contributed by atoms with Gasteiger partial charge in [-0.1, -0.05) is 20.8 Å². The third kappa shape index (κ3) is 2.77. The lowest BCUT2D eigenvalue weighted by Crippen LogP contribution is -2.45. The number of benzene rings is 1. The first-order valence-corrected chi connectivity index (χ1v) is 6.53. The molecule has 0 unspecified atom stereocenters. The molecule has 4 nitrogen and oxygen atoms in total. The summed E-state index contributed by atoms with van der Waals surface area (Å²) in [4.78, 5) is 11.0. The molecular formula is C15H19FO4. The Balaban J connectivity index is 2.50. The first-order chi connectivity index (χ1) is 9.12. The third-order valence-corrected chi connectivity index (χ3v) is 3.64. The fourth-order valence-corrected chi connectivity index (χ4v) is 2.48. The molecule has 20 heavy (non-hydrogen) atoms. The summed E-state index contributed by atoms with van der Waals surface area (Å²) in [6, 6.07) is 3.83. The van der Waals surface area contributed by atoms with E-state index in [4.69, 9.17) is 9.84 Å². The van der Waals surface area contributed by atoms with Crippen LogP contribution in [0.3, 0.4) is 0 Å². The fraction of sp³-hybridized carbons (Fsp3) is 0.533. The van der Waals surface area contributed by atoms with Gasteiger partial charge in [0, 0.05) is 12.0 Å². The molecule has 0 amide bonds. The quantitative estimate of drug-likeness (QED) is 0.875. The molecule has 2 rings (SSSR count). The van der Waals surface area contributed by atoms with Crippen molar-refractivity contribution in [3.63, 3.8) is 0 Å². The molecule has 1 aromatic rings. The molecule has 1 aliphatic heterocycles. The van der Waals surface area contributed by atoms with Crippen molar-refractivity contribution in [3.05, 3.63) is 29.6 Å². The van der Waals surface area contributed by atoms with E-state index in [0.29, 0.717) is 5.75 Å². The smallest absolute Gasteiger partial charge is 0.306 e. The van der Waals surface area contributed by atoms with Crippen molar-refractivity contribution in [2.75, 3.05) is 0 Å². The van der Waals surface area contributed by atoms with E-state index in [-0.39, 0.29) is 23.5 Å². The Hall–Kier alpha value is -1.62. The molecule has 0 radical (unpaired) electrons. The van der Waals surface area contributed by atoms with Crippen LogP contribution >= 0.6 is 0 Å². The number of ether oxygens (including phenoxy) is 1. The molecule has 1 aromatic carbocycles. The second kappa shape index (κ2) is 4.74. The SMILES string of the molecule is CC(C)(C)[C@@H]1C[C@@](O)(CC(=O)O)c2cc(F)ccc2O1. The van der Waals surface area contributed by atoms with Crippen molar-refractivity contribution < 1.29 is 24.1 Å². The predicted octanol–water partition coefficient (Wildman–Crippen LogP) is 2.69. The number of fused-ring (bicyclic) bond motifs is 1. The van der Waals surface area contributed by atoms with Crippen LogP contribution in [0.15, 0.2) is 18.2 Å². The van der Waals surface area contributed by atoms with E-state index >= 15 is 0 Å². The summed E-state index contributed by atoms with van der Waals surface area (Å²) in [6.07, 6.45) is -0.691. The standard InChI is InChI=1S/C15H19FO4/c1-14(2,3)12-7-15(19,8-13(17)18)10-6-9(16)4-5-11(10)20-12/h4-6,12,19H,7-8H2,1-3H3,(H,17,18)/t12-,15+/m0/s1. The fourth-order valence-electron chi connectivity index (χ4n) is 2.48. The van der Waals surface area contributed by atoms with Crippen molar-refractivity contribution in [3.8, 4) is 5.75 Å². The van der Waals surface area contributed by atoms with Gasteiger partial charge in [0.1, 0.15) is 23.3 Å². The number of rotatable bonds is 2. The number of carbonyl (C=O) groups is 1. The van der Waals surface area contributed by atoms with Gasteiger partial charge >= 0.3 is 5.97 Å². The molecule has 110 valence electrons. The number of carboxylic acid groups (broad SMARTS) is 1. The average Bonchev–Trinajstić information content (AvgIpc) is 2.27. The Morgan fingerprint density at radius 2 is 2.15 bits per heavy atom. The van der Waals surface area contributed by atoms with Gasteiger partial charge in [0.15, 0.2) is 0 Å². The summed E-state index contributed by atoms with van der Waals surface area (Å²) in [5, 5.41) is 19.7. The monoisotopic (exact) mass is 282 g/mol. The highest BCUT2D eigenvalue weighted by atomic mass is 19.1. The van der Waals surface area contributed by atoms with E-state index < -0.39 is 23.8 Å². The molecule has 0 saturated heterocycles. The predicted molar refractivity (Wildman–Crippen MR) is 71.0 cm³/mol. The van der Waals surface area contributed by atoms with Crippen LogP contribution in [0.5, 0.6) is 5.75 Å². The molecular weight excluding hydrogens is 263 g/mol. The summed E-state index contributed by atoms with van der Waals surface area (Å²) in [7, 11) is 0. The van der Waals surface area contributed by atoms with E-state index in [1.54, 1.807) is 0 Å². The molecule has 0 saturated carbocycles. The number of carboxylic acids is 1. The van der Waals surface area contributed by atoms with Crippen LogP contribution in [0.4, 0.5) is 4.39 Å². The summed E-state index contributed by atoms with van der Waals surface area (Å²) in [5.41, 5.74) is -1.67. The van der Waals surface area contributed by atoms with Gasteiger partial charge in [-0.05, 0) is 23.6 Å². The molecule has 0 spiro atoms. The van der Waals surface area contributed by atoms with E-state index in [1.165, 1.54) is 12.1 Å². The normalized spacial score (nSPS) is 25.8. The van der Waals surface area contributed by atoms with Crippen molar-refractivity contribution >= 4 is 5.97 Å². The van der Waals surface area contributed by atoms with Crippen LogP contribution in [0.25, 0.3) is 0 Å². The van der Waals surface area contributed by atoms with Gasteiger partial charge in [-0.3, -0.25) is 4.79 Å². The maximum Gasteiger partial charge on any atom is 0.306 e. The van der Waals surface area contributed by atoms with E-state index in [0.717, 1.165) is 6.07 Å². The lowest BCUT2D eigenvalue weighted by molar-refractivity contribution is -0.146. The number of aliphatic hydroxyl groups is 1. The Morgan fingerprint density at radius 3 is 2.70 bits per heavy atom. The Morgan fingerprint density at radius 1 is 1.50 bits per heavy atom. The Labute approximate surface area is 117 Å². The molecule has 5 heteroatoms. The molecule has 1 aliphatic rings. The van der Waals surface area contributed by atoms with Crippen LogP contribution in [-0.4, -0.2) is 22.3 Å². The zero-order chi connectivity index (χ0) is 15.1. The third-order valence-electron chi connectivity index (χ3n) is 3.64. The van der Waals surface area contributed by atoms with Crippen LogP contribution < -0.4 is 4.74 Å². The van der Waals surface area contributed by atoms with E-state index in [9.17, 15) is 14.3 Å². The van der Waals surface area contributed by atoms with Crippen molar-refractivity contribution in [1.29, 1.82) is 0 Å². The summed E-state index contributed by atoms with van der Waals surface area (Å²) >= 11 is 0. The maximum atomic E-state index is 13.4. The van der Waals surface area contributed by atoms with Crippen LogP contribution in [-0.2, 0) is 10.4 Å². The highest BCUT2D eigenvalue weighted by Gasteiger charge is 2.45. The molecule has 2 atom stereocenters. The van der Waals surface area contributed by atoms with Gasteiger partial charge in [-0.2, -0.15) is 0 Å². The van der Waals surface area contributed by atoms with Crippen molar-refractivity contribution in [1.82, 2.24) is 0 Å².